The molecule has 102 valence electrons. The van der Waals surface area contributed by atoms with Crippen molar-refractivity contribution >= 4 is 22.7 Å². The predicted molar refractivity (Wildman–Crippen MR) is 76.9 cm³/mol. The monoisotopic (exact) mass is 261 g/mol. The van der Waals surface area contributed by atoms with E-state index in [4.69, 9.17) is 10.6 Å². The number of hydrazine groups is 1. The van der Waals surface area contributed by atoms with Gasteiger partial charge in [-0.3, -0.25) is 5.43 Å². The summed E-state index contributed by atoms with van der Waals surface area (Å²) in [5.74, 6) is 6.52. The fraction of sp³-hybridized carbons (Fsp3) is 0.385. The van der Waals surface area contributed by atoms with Crippen molar-refractivity contribution in [2.75, 3.05) is 24.4 Å². The van der Waals surface area contributed by atoms with Crippen LogP contribution in [0, 0.1) is 0 Å². The zero-order valence-electron chi connectivity index (χ0n) is 11.4. The Labute approximate surface area is 112 Å². The molecular formula is C13H19N5O. The van der Waals surface area contributed by atoms with E-state index in [0.717, 1.165) is 16.7 Å². The molecule has 1 heterocycles. The standard InChI is InChI=1S/C13H19N5O/c1-13(2,19-3)8-15-11-9-6-4-5-7-10(9)16-12(17-11)18-14/h4-7H,8,14H2,1-3H3,(H2,15,16,17,18). The molecule has 0 amide bonds. The van der Waals surface area contributed by atoms with E-state index in [-0.39, 0.29) is 5.60 Å². The molecular weight excluding hydrogens is 242 g/mol. The van der Waals surface area contributed by atoms with Crippen molar-refractivity contribution in [3.05, 3.63) is 24.3 Å². The third-order valence-electron chi connectivity index (χ3n) is 2.97. The first-order chi connectivity index (χ1) is 9.05. The van der Waals surface area contributed by atoms with Crippen molar-refractivity contribution in [2.45, 2.75) is 19.4 Å². The van der Waals surface area contributed by atoms with E-state index in [9.17, 15) is 0 Å². The summed E-state index contributed by atoms with van der Waals surface area (Å²) in [6.07, 6.45) is 0. The summed E-state index contributed by atoms with van der Waals surface area (Å²) >= 11 is 0. The average Bonchev–Trinajstić information content (AvgIpc) is 2.44. The molecule has 0 saturated heterocycles. The second-order valence-electron chi connectivity index (χ2n) is 4.87. The predicted octanol–water partition coefficient (Wildman–Crippen LogP) is 1.75. The third-order valence-corrected chi connectivity index (χ3v) is 2.97. The highest BCUT2D eigenvalue weighted by Crippen LogP contribution is 2.22. The van der Waals surface area contributed by atoms with Crippen LogP contribution in [0.3, 0.4) is 0 Å². The lowest BCUT2D eigenvalue weighted by Gasteiger charge is -2.23. The van der Waals surface area contributed by atoms with Crippen LogP contribution in [0.25, 0.3) is 10.9 Å². The van der Waals surface area contributed by atoms with Crippen LogP contribution in [0.4, 0.5) is 11.8 Å². The molecule has 2 aromatic rings. The number of aromatic nitrogens is 2. The highest BCUT2D eigenvalue weighted by atomic mass is 16.5. The van der Waals surface area contributed by atoms with Gasteiger partial charge in [-0.25, -0.2) is 10.8 Å². The minimum absolute atomic E-state index is 0.275. The zero-order chi connectivity index (χ0) is 13.9. The van der Waals surface area contributed by atoms with E-state index in [0.29, 0.717) is 12.5 Å². The summed E-state index contributed by atoms with van der Waals surface area (Å²) in [6.45, 7) is 4.64. The van der Waals surface area contributed by atoms with Crippen LogP contribution in [0.2, 0.25) is 0 Å². The SMILES string of the molecule is COC(C)(C)CNc1nc(NN)nc2ccccc12. The van der Waals surface area contributed by atoms with Gasteiger partial charge in [0.05, 0.1) is 11.1 Å². The van der Waals surface area contributed by atoms with Crippen molar-refractivity contribution in [2.24, 2.45) is 5.84 Å². The molecule has 0 aliphatic carbocycles. The molecule has 0 unspecified atom stereocenters. The quantitative estimate of drug-likeness (QED) is 0.561. The largest absolute Gasteiger partial charge is 0.377 e. The second kappa shape index (κ2) is 5.38. The highest BCUT2D eigenvalue weighted by molar-refractivity contribution is 5.89. The van der Waals surface area contributed by atoms with Gasteiger partial charge >= 0.3 is 0 Å². The van der Waals surface area contributed by atoms with Crippen LogP contribution in [-0.4, -0.2) is 29.2 Å². The van der Waals surface area contributed by atoms with Crippen LogP contribution in [0.5, 0.6) is 0 Å². The molecule has 0 aliphatic heterocycles. The molecule has 0 atom stereocenters. The van der Waals surface area contributed by atoms with E-state index in [1.807, 2.05) is 38.1 Å². The number of ether oxygens (including phenoxy) is 1. The molecule has 0 radical (unpaired) electrons. The number of nitrogens with two attached hydrogens (primary N) is 1. The maximum Gasteiger partial charge on any atom is 0.239 e. The van der Waals surface area contributed by atoms with Gasteiger partial charge in [-0.2, -0.15) is 4.98 Å². The smallest absolute Gasteiger partial charge is 0.239 e. The van der Waals surface area contributed by atoms with Crippen LogP contribution >= 0.6 is 0 Å². The Morgan fingerprint density at radius 2 is 2.00 bits per heavy atom. The van der Waals surface area contributed by atoms with Gasteiger partial charge < -0.3 is 10.1 Å². The minimum atomic E-state index is -0.275. The number of methoxy groups -OCH3 is 1. The van der Waals surface area contributed by atoms with Crippen LogP contribution in [-0.2, 0) is 4.74 Å². The molecule has 6 nitrogen and oxygen atoms in total. The lowest BCUT2D eigenvalue weighted by molar-refractivity contribution is 0.0343. The Hall–Kier alpha value is -1.92. The third kappa shape index (κ3) is 3.10. The fourth-order valence-electron chi connectivity index (χ4n) is 1.64. The van der Waals surface area contributed by atoms with Gasteiger partial charge in [0.15, 0.2) is 0 Å². The normalized spacial score (nSPS) is 11.6. The molecule has 0 aliphatic rings. The van der Waals surface area contributed by atoms with Crippen LogP contribution in [0.1, 0.15) is 13.8 Å². The molecule has 0 fully saturated rings. The molecule has 6 heteroatoms. The number of rotatable bonds is 5. The van der Waals surface area contributed by atoms with Crippen LogP contribution < -0.4 is 16.6 Å². The summed E-state index contributed by atoms with van der Waals surface area (Å²) < 4.78 is 5.38. The number of benzene rings is 1. The molecule has 1 aromatic heterocycles. The van der Waals surface area contributed by atoms with Gasteiger partial charge in [-0.05, 0) is 26.0 Å². The van der Waals surface area contributed by atoms with E-state index in [2.05, 4.69) is 20.7 Å². The number of anilines is 2. The summed E-state index contributed by atoms with van der Waals surface area (Å²) in [4.78, 5) is 8.64. The van der Waals surface area contributed by atoms with E-state index in [1.165, 1.54) is 0 Å². The maximum absolute atomic E-state index is 5.39. The molecule has 1 aromatic carbocycles. The van der Waals surface area contributed by atoms with Gasteiger partial charge in [0.2, 0.25) is 5.95 Å². The number of hydrogen-bond acceptors (Lipinski definition) is 6. The van der Waals surface area contributed by atoms with Crippen molar-refractivity contribution in [3.8, 4) is 0 Å². The Morgan fingerprint density at radius 1 is 1.26 bits per heavy atom. The number of para-hydroxylation sites is 1. The van der Waals surface area contributed by atoms with Gasteiger partial charge in [0.1, 0.15) is 5.82 Å². The van der Waals surface area contributed by atoms with Crippen molar-refractivity contribution < 1.29 is 4.74 Å². The number of nitrogen functional groups attached to an aromatic ring is 1. The lowest BCUT2D eigenvalue weighted by Crippen LogP contribution is -2.32. The maximum atomic E-state index is 5.39. The molecule has 0 spiro atoms. The van der Waals surface area contributed by atoms with Crippen molar-refractivity contribution in [3.63, 3.8) is 0 Å². The summed E-state index contributed by atoms with van der Waals surface area (Å²) in [6, 6.07) is 7.77. The highest BCUT2D eigenvalue weighted by Gasteiger charge is 2.17. The fourth-order valence-corrected chi connectivity index (χ4v) is 1.64. The summed E-state index contributed by atoms with van der Waals surface area (Å²) in [5, 5.41) is 4.23. The topological polar surface area (TPSA) is 85.1 Å². The molecule has 2 rings (SSSR count). The van der Waals surface area contributed by atoms with E-state index >= 15 is 0 Å². The van der Waals surface area contributed by atoms with Gasteiger partial charge in [0.25, 0.3) is 0 Å². The van der Waals surface area contributed by atoms with Crippen molar-refractivity contribution in [1.82, 2.24) is 9.97 Å². The summed E-state index contributed by atoms with van der Waals surface area (Å²) in [7, 11) is 1.69. The first kappa shape index (κ1) is 13.5. The summed E-state index contributed by atoms with van der Waals surface area (Å²) in [5.41, 5.74) is 3.04. The van der Waals surface area contributed by atoms with Crippen LogP contribution in [0.15, 0.2) is 24.3 Å². The number of nitrogens with zero attached hydrogens (tertiary/aromatic N) is 2. The zero-order valence-corrected chi connectivity index (χ0v) is 11.4. The first-order valence-corrected chi connectivity index (χ1v) is 6.08. The Balaban J connectivity index is 2.35. The average molecular weight is 261 g/mol. The van der Waals surface area contributed by atoms with Gasteiger partial charge in [-0.1, -0.05) is 12.1 Å². The van der Waals surface area contributed by atoms with E-state index < -0.39 is 0 Å². The molecule has 4 N–H and O–H groups in total. The van der Waals surface area contributed by atoms with Crippen molar-refractivity contribution in [1.29, 1.82) is 0 Å². The molecule has 0 bridgehead atoms. The minimum Gasteiger partial charge on any atom is -0.377 e. The van der Waals surface area contributed by atoms with E-state index in [1.54, 1.807) is 7.11 Å². The number of nitrogens with one attached hydrogen (secondary N) is 2. The first-order valence-electron chi connectivity index (χ1n) is 6.08. The number of hydrogen-bond donors (Lipinski definition) is 3. The molecule has 19 heavy (non-hydrogen) atoms. The lowest BCUT2D eigenvalue weighted by atomic mass is 10.1. The Kier molecular flexibility index (Phi) is 3.82. The molecule has 0 saturated carbocycles. The number of fused-ring (bicyclic) bond motifs is 1. The van der Waals surface area contributed by atoms with Gasteiger partial charge in [0, 0.05) is 19.0 Å². The van der Waals surface area contributed by atoms with Gasteiger partial charge in [-0.15, -0.1) is 0 Å². The Bertz CT molecular complexity index is 570. The second-order valence-corrected chi connectivity index (χ2v) is 4.87. The Morgan fingerprint density at radius 3 is 2.68 bits per heavy atom.